The number of aliphatic hydroxyl groups excluding tert-OH is 1. The van der Waals surface area contributed by atoms with E-state index >= 15 is 0 Å². The number of hydrogen-bond donors (Lipinski definition) is 1. The number of ketones is 1. The van der Waals surface area contributed by atoms with Crippen LogP contribution in [0.2, 0.25) is 10.0 Å². The number of carbonyl (C=O) groups excluding carboxylic acids is 2. The Morgan fingerprint density at radius 1 is 1.16 bits per heavy atom. The van der Waals surface area contributed by atoms with Crippen LogP contribution in [0.25, 0.3) is 5.76 Å². The Kier molecular flexibility index (Phi) is 7.44. The SMILES string of the molecule is COc1ccc(C(O)=C2C(=O)C(=O)N(CCCN(C)C)[C@@H]2c2ccc(Cl)c(Cl)c2)cc1F. The molecule has 1 N–H and O–H groups in total. The number of nitrogens with zero attached hydrogens (tertiary/aromatic N) is 2. The molecule has 170 valence electrons. The van der Waals surface area contributed by atoms with Gasteiger partial charge in [0.05, 0.1) is 28.8 Å². The summed E-state index contributed by atoms with van der Waals surface area (Å²) in [6.07, 6.45) is 0.606. The second-order valence-electron chi connectivity index (χ2n) is 7.67. The first-order valence-corrected chi connectivity index (χ1v) is 10.6. The minimum absolute atomic E-state index is 0.00767. The van der Waals surface area contributed by atoms with E-state index in [2.05, 4.69) is 0 Å². The first-order chi connectivity index (χ1) is 15.1. The monoisotopic (exact) mass is 480 g/mol. The van der Waals surface area contributed by atoms with Crippen molar-refractivity contribution in [3.8, 4) is 5.75 Å². The summed E-state index contributed by atoms with van der Waals surface area (Å²) >= 11 is 12.2. The Bertz CT molecular complexity index is 1090. The fraction of sp³-hybridized carbons (Fsp3) is 0.304. The second-order valence-corrected chi connectivity index (χ2v) is 8.49. The lowest BCUT2D eigenvalue weighted by Gasteiger charge is -2.26. The molecule has 3 rings (SSSR count). The van der Waals surface area contributed by atoms with Gasteiger partial charge in [0.2, 0.25) is 0 Å². The molecular weight excluding hydrogens is 458 g/mol. The van der Waals surface area contributed by atoms with Gasteiger partial charge in [0.1, 0.15) is 5.76 Å². The number of amides is 1. The van der Waals surface area contributed by atoms with Crippen molar-refractivity contribution in [3.05, 3.63) is 69.0 Å². The molecule has 1 saturated heterocycles. The molecule has 2 aromatic rings. The van der Waals surface area contributed by atoms with Gasteiger partial charge in [-0.3, -0.25) is 9.59 Å². The third-order valence-electron chi connectivity index (χ3n) is 5.23. The largest absolute Gasteiger partial charge is 0.507 e. The minimum atomic E-state index is -0.892. The predicted molar refractivity (Wildman–Crippen MR) is 122 cm³/mol. The summed E-state index contributed by atoms with van der Waals surface area (Å²) in [6.45, 7) is 0.974. The number of benzene rings is 2. The molecule has 1 heterocycles. The minimum Gasteiger partial charge on any atom is -0.507 e. The van der Waals surface area contributed by atoms with Crippen molar-refractivity contribution in [2.75, 3.05) is 34.3 Å². The summed E-state index contributed by atoms with van der Waals surface area (Å²) in [6, 6.07) is 7.68. The summed E-state index contributed by atoms with van der Waals surface area (Å²) in [4.78, 5) is 29.2. The first-order valence-electron chi connectivity index (χ1n) is 9.87. The Labute approximate surface area is 195 Å². The highest BCUT2D eigenvalue weighted by Crippen LogP contribution is 2.41. The summed E-state index contributed by atoms with van der Waals surface area (Å²) in [7, 11) is 5.13. The van der Waals surface area contributed by atoms with Gasteiger partial charge in [-0.05, 0) is 63.0 Å². The van der Waals surface area contributed by atoms with Crippen molar-refractivity contribution in [3.63, 3.8) is 0 Å². The maximum absolute atomic E-state index is 14.3. The number of likely N-dealkylation sites (tertiary alicyclic amines) is 1. The molecule has 32 heavy (non-hydrogen) atoms. The lowest BCUT2D eigenvalue weighted by molar-refractivity contribution is -0.139. The van der Waals surface area contributed by atoms with Crippen molar-refractivity contribution >= 4 is 40.7 Å². The van der Waals surface area contributed by atoms with Crippen LogP contribution < -0.4 is 4.74 Å². The van der Waals surface area contributed by atoms with Crippen LogP contribution in [-0.4, -0.2) is 60.9 Å². The smallest absolute Gasteiger partial charge is 0.295 e. The van der Waals surface area contributed by atoms with Crippen molar-refractivity contribution < 1.29 is 23.8 Å². The van der Waals surface area contributed by atoms with Gasteiger partial charge in [0.15, 0.2) is 11.6 Å². The highest BCUT2D eigenvalue weighted by Gasteiger charge is 2.46. The maximum Gasteiger partial charge on any atom is 0.295 e. The summed E-state index contributed by atoms with van der Waals surface area (Å²) in [5.41, 5.74) is 0.432. The van der Waals surface area contributed by atoms with E-state index in [0.717, 1.165) is 6.07 Å². The van der Waals surface area contributed by atoms with E-state index in [0.29, 0.717) is 23.6 Å². The standard InChI is InChI=1S/C23H23Cl2FN2O4/c1-27(2)9-4-10-28-20(13-5-7-15(24)16(25)11-13)19(22(30)23(28)31)21(29)14-6-8-18(32-3)17(26)12-14/h5-8,11-12,20,29H,4,9-10H2,1-3H3/t20-/m1/s1. The first kappa shape index (κ1) is 24.0. The zero-order valence-corrected chi connectivity index (χ0v) is 19.4. The molecule has 2 aromatic carbocycles. The summed E-state index contributed by atoms with van der Waals surface area (Å²) in [5.74, 6) is -2.78. The molecule has 1 atom stereocenters. The third-order valence-corrected chi connectivity index (χ3v) is 5.97. The van der Waals surface area contributed by atoms with E-state index in [1.807, 2.05) is 19.0 Å². The maximum atomic E-state index is 14.3. The quantitative estimate of drug-likeness (QED) is 0.358. The van der Waals surface area contributed by atoms with Crippen LogP contribution in [0.15, 0.2) is 42.0 Å². The number of halogens is 3. The zero-order valence-electron chi connectivity index (χ0n) is 17.9. The number of methoxy groups -OCH3 is 1. The van der Waals surface area contributed by atoms with Crippen LogP contribution in [-0.2, 0) is 9.59 Å². The molecule has 9 heteroatoms. The summed E-state index contributed by atoms with van der Waals surface area (Å²) < 4.78 is 19.2. The fourth-order valence-electron chi connectivity index (χ4n) is 3.67. The van der Waals surface area contributed by atoms with Crippen molar-refractivity contribution in [2.24, 2.45) is 0 Å². The van der Waals surface area contributed by atoms with Gasteiger partial charge in [-0.15, -0.1) is 0 Å². The molecule has 1 aliphatic rings. The summed E-state index contributed by atoms with van der Waals surface area (Å²) in [5, 5.41) is 11.6. The molecule has 0 aliphatic carbocycles. The van der Waals surface area contributed by atoms with Crippen molar-refractivity contribution in [1.29, 1.82) is 0 Å². The average Bonchev–Trinajstić information content (AvgIpc) is 3.00. The number of ether oxygens (including phenoxy) is 1. The Balaban J connectivity index is 2.13. The van der Waals surface area contributed by atoms with E-state index in [1.165, 1.54) is 24.1 Å². The molecule has 0 saturated carbocycles. The van der Waals surface area contributed by atoms with Crippen LogP contribution in [0.5, 0.6) is 5.75 Å². The van der Waals surface area contributed by atoms with Crippen molar-refractivity contribution in [2.45, 2.75) is 12.5 Å². The lowest BCUT2D eigenvalue weighted by Crippen LogP contribution is -2.32. The van der Waals surface area contributed by atoms with Crippen LogP contribution >= 0.6 is 23.2 Å². The Hall–Kier alpha value is -2.61. The van der Waals surface area contributed by atoms with Crippen LogP contribution in [0.3, 0.4) is 0 Å². The van der Waals surface area contributed by atoms with Gasteiger partial charge < -0.3 is 19.6 Å². The van der Waals surface area contributed by atoms with E-state index in [1.54, 1.807) is 18.2 Å². The highest BCUT2D eigenvalue weighted by atomic mass is 35.5. The fourth-order valence-corrected chi connectivity index (χ4v) is 3.97. The Morgan fingerprint density at radius 2 is 1.88 bits per heavy atom. The number of Topliss-reactive ketones (excluding diaryl/α,β-unsaturated/α-hetero) is 1. The topological polar surface area (TPSA) is 70.1 Å². The van der Waals surface area contributed by atoms with Gasteiger partial charge >= 0.3 is 0 Å². The molecule has 1 aliphatic heterocycles. The normalized spacial score (nSPS) is 18.0. The van der Waals surface area contributed by atoms with Gasteiger partial charge in [-0.25, -0.2) is 4.39 Å². The third kappa shape index (κ3) is 4.75. The molecule has 0 aromatic heterocycles. The van der Waals surface area contributed by atoms with Crippen LogP contribution in [0.1, 0.15) is 23.6 Å². The van der Waals surface area contributed by atoms with E-state index in [4.69, 9.17) is 27.9 Å². The van der Waals surface area contributed by atoms with Gasteiger partial charge in [-0.1, -0.05) is 29.3 Å². The van der Waals surface area contributed by atoms with Crippen molar-refractivity contribution in [1.82, 2.24) is 9.80 Å². The predicted octanol–water partition coefficient (Wildman–Crippen LogP) is 4.51. The molecule has 6 nitrogen and oxygen atoms in total. The molecular formula is C23H23Cl2FN2O4. The highest BCUT2D eigenvalue weighted by molar-refractivity contribution is 6.46. The number of aliphatic hydroxyl groups is 1. The Morgan fingerprint density at radius 3 is 2.47 bits per heavy atom. The lowest BCUT2D eigenvalue weighted by atomic mass is 9.95. The van der Waals surface area contributed by atoms with E-state index in [9.17, 15) is 19.1 Å². The van der Waals surface area contributed by atoms with Gasteiger partial charge in [0, 0.05) is 12.1 Å². The van der Waals surface area contributed by atoms with E-state index in [-0.39, 0.29) is 28.5 Å². The zero-order chi connectivity index (χ0) is 23.6. The molecule has 0 unspecified atom stereocenters. The molecule has 0 radical (unpaired) electrons. The van der Waals surface area contributed by atoms with E-state index < -0.39 is 29.3 Å². The van der Waals surface area contributed by atoms with Crippen LogP contribution in [0.4, 0.5) is 4.39 Å². The van der Waals surface area contributed by atoms with Crippen LogP contribution in [0, 0.1) is 5.82 Å². The number of carbonyl (C=O) groups is 2. The second kappa shape index (κ2) is 9.90. The van der Waals surface area contributed by atoms with Gasteiger partial charge in [-0.2, -0.15) is 0 Å². The number of rotatable bonds is 7. The molecule has 0 bridgehead atoms. The van der Waals surface area contributed by atoms with Gasteiger partial charge in [0.25, 0.3) is 11.7 Å². The number of hydrogen-bond acceptors (Lipinski definition) is 5. The molecule has 1 amide bonds. The molecule has 1 fully saturated rings. The molecule has 0 spiro atoms. The average molecular weight is 481 g/mol.